The minimum Gasteiger partial charge on any atom is -0.440 e. The van der Waals surface area contributed by atoms with E-state index in [1.54, 1.807) is 12.1 Å². The Kier molecular flexibility index (Phi) is 9.23. The third kappa shape index (κ3) is 6.79. The van der Waals surface area contributed by atoms with E-state index in [1.807, 2.05) is 24.3 Å². The van der Waals surface area contributed by atoms with Gasteiger partial charge in [-0.2, -0.15) is 15.9 Å². The van der Waals surface area contributed by atoms with E-state index in [0.717, 1.165) is 43.4 Å². The maximum Gasteiger partial charge on any atom is 0.226 e. The molecular formula is C33H39FN4O5S. The van der Waals surface area contributed by atoms with Crippen molar-refractivity contribution in [2.75, 3.05) is 42.7 Å². The van der Waals surface area contributed by atoms with E-state index in [2.05, 4.69) is 16.3 Å². The Labute approximate surface area is 258 Å². The van der Waals surface area contributed by atoms with Crippen LogP contribution in [0.25, 0.3) is 22.7 Å². The van der Waals surface area contributed by atoms with Gasteiger partial charge in [-0.15, -0.1) is 0 Å². The number of ether oxygens (including phenoxy) is 1. The van der Waals surface area contributed by atoms with Crippen LogP contribution in [0.15, 0.2) is 52.9 Å². The number of benzene rings is 2. The number of aromatic nitrogens is 1. The highest BCUT2D eigenvalue weighted by Crippen LogP contribution is 2.45. The number of carbonyl (C=O) groups is 1. The van der Waals surface area contributed by atoms with Crippen LogP contribution < -0.4 is 10.2 Å². The van der Waals surface area contributed by atoms with Crippen LogP contribution in [0.1, 0.15) is 50.2 Å². The SMILES string of the molecule is N#CC(NC(=O)[C@@H]1CCCC[C@H]1c1oc(-c2ccc(F)cc2)nc1-c1ccc(N2CCS(O)(O)CC2)cc1)C1CCOCC1. The number of nitriles is 1. The third-order valence-corrected chi connectivity index (χ3v) is 10.9. The fourth-order valence-electron chi connectivity index (χ4n) is 6.64. The highest BCUT2D eigenvalue weighted by atomic mass is 32.3. The van der Waals surface area contributed by atoms with Crippen LogP contribution in [-0.4, -0.2) is 63.8 Å². The Balaban J connectivity index is 1.30. The first-order chi connectivity index (χ1) is 21.3. The third-order valence-electron chi connectivity index (χ3n) is 9.24. The van der Waals surface area contributed by atoms with Crippen LogP contribution >= 0.6 is 10.6 Å². The lowest BCUT2D eigenvalue weighted by molar-refractivity contribution is -0.127. The van der Waals surface area contributed by atoms with Gasteiger partial charge in [-0.25, -0.2) is 9.37 Å². The number of hydrogen-bond donors (Lipinski definition) is 3. The van der Waals surface area contributed by atoms with Crippen molar-refractivity contribution in [2.24, 2.45) is 11.8 Å². The second-order valence-corrected chi connectivity index (χ2v) is 14.5. The number of carbonyl (C=O) groups excluding carboxylic acids is 1. The maximum absolute atomic E-state index is 13.8. The molecule has 3 N–H and O–H groups in total. The minimum absolute atomic E-state index is 0.0664. The number of amides is 1. The van der Waals surface area contributed by atoms with E-state index >= 15 is 0 Å². The monoisotopic (exact) mass is 622 g/mol. The molecule has 1 aromatic heterocycles. The molecule has 3 aliphatic rings. The molecule has 3 aromatic rings. The average molecular weight is 623 g/mol. The summed E-state index contributed by atoms with van der Waals surface area (Å²) in [7, 11) is -2.49. The van der Waals surface area contributed by atoms with E-state index in [0.29, 0.717) is 67.1 Å². The Hall–Kier alpha value is -3.43. The van der Waals surface area contributed by atoms with Gasteiger partial charge in [-0.3, -0.25) is 13.9 Å². The fraction of sp³-hybridized carbons (Fsp3) is 0.485. The summed E-state index contributed by atoms with van der Waals surface area (Å²) in [5, 5.41) is 13.0. The van der Waals surface area contributed by atoms with Crippen LogP contribution in [-0.2, 0) is 9.53 Å². The lowest BCUT2D eigenvalue weighted by Crippen LogP contribution is -2.45. The Morgan fingerprint density at radius 2 is 1.66 bits per heavy atom. The second-order valence-electron chi connectivity index (χ2n) is 12.0. The van der Waals surface area contributed by atoms with Gasteiger partial charge in [0.1, 0.15) is 23.3 Å². The Morgan fingerprint density at radius 1 is 1.00 bits per heavy atom. The summed E-state index contributed by atoms with van der Waals surface area (Å²) in [5.41, 5.74) is 3.11. The molecule has 3 atom stereocenters. The fourth-order valence-corrected chi connectivity index (χ4v) is 7.87. The van der Waals surface area contributed by atoms with Gasteiger partial charge in [0.2, 0.25) is 11.8 Å². The lowest BCUT2D eigenvalue weighted by Gasteiger charge is -2.41. The maximum atomic E-state index is 13.8. The van der Waals surface area contributed by atoms with Gasteiger partial charge in [0.25, 0.3) is 0 Å². The molecule has 11 heteroatoms. The van der Waals surface area contributed by atoms with Crippen LogP contribution in [0.5, 0.6) is 0 Å². The molecule has 2 aromatic carbocycles. The van der Waals surface area contributed by atoms with Crippen LogP contribution in [0.2, 0.25) is 0 Å². The van der Waals surface area contributed by atoms with Crippen LogP contribution in [0, 0.1) is 29.0 Å². The zero-order chi connectivity index (χ0) is 30.7. The molecule has 44 heavy (non-hydrogen) atoms. The highest BCUT2D eigenvalue weighted by molar-refractivity contribution is 8.24. The zero-order valence-corrected chi connectivity index (χ0v) is 25.5. The predicted octanol–water partition coefficient (Wildman–Crippen LogP) is 6.43. The summed E-state index contributed by atoms with van der Waals surface area (Å²) >= 11 is 0. The summed E-state index contributed by atoms with van der Waals surface area (Å²) < 4.78 is 45.7. The van der Waals surface area contributed by atoms with Crippen molar-refractivity contribution < 1.29 is 27.4 Å². The molecule has 3 fully saturated rings. The van der Waals surface area contributed by atoms with Gasteiger partial charge in [0.15, 0.2) is 0 Å². The van der Waals surface area contributed by atoms with Gasteiger partial charge >= 0.3 is 0 Å². The molecule has 2 saturated heterocycles. The minimum atomic E-state index is -2.49. The molecule has 0 spiro atoms. The number of hydrogen-bond acceptors (Lipinski definition) is 8. The first-order valence-electron chi connectivity index (χ1n) is 15.4. The molecule has 2 aliphatic heterocycles. The Bertz CT molecular complexity index is 1470. The number of anilines is 1. The summed E-state index contributed by atoms with van der Waals surface area (Å²) in [6.45, 7) is 2.34. The smallest absolute Gasteiger partial charge is 0.226 e. The molecule has 6 rings (SSSR count). The van der Waals surface area contributed by atoms with Crippen molar-refractivity contribution in [3.8, 4) is 28.8 Å². The Morgan fingerprint density at radius 3 is 2.34 bits per heavy atom. The predicted molar refractivity (Wildman–Crippen MR) is 168 cm³/mol. The first-order valence-corrected chi connectivity index (χ1v) is 17.3. The van der Waals surface area contributed by atoms with E-state index in [-0.39, 0.29) is 29.5 Å². The number of oxazole rings is 1. The first kappa shape index (κ1) is 30.6. The van der Waals surface area contributed by atoms with Gasteiger partial charge in [0.05, 0.1) is 17.6 Å². The zero-order valence-electron chi connectivity index (χ0n) is 24.7. The molecule has 1 saturated carbocycles. The molecule has 0 radical (unpaired) electrons. The molecule has 1 amide bonds. The van der Waals surface area contributed by atoms with Crippen molar-refractivity contribution in [3.05, 3.63) is 60.1 Å². The lowest BCUT2D eigenvalue weighted by atomic mass is 9.76. The standard InChI is InChI=1S/C33H39FN4O5S/c34-25-9-5-24(6-10-25)33-37-30(23-7-11-26(12-8-23)38-15-19-44(40,41)20-16-38)31(43-33)27-3-1-2-4-28(27)32(39)36-29(21-35)22-13-17-42-18-14-22/h5-12,22,27-29,40-41H,1-4,13-20H2,(H,36,39)/t27-,28-,29?/m1/s1. The number of nitrogens with zero attached hydrogens (tertiary/aromatic N) is 3. The average Bonchev–Trinajstić information content (AvgIpc) is 3.50. The van der Waals surface area contributed by atoms with Crippen molar-refractivity contribution in [1.82, 2.24) is 10.3 Å². The largest absolute Gasteiger partial charge is 0.440 e. The molecule has 3 heterocycles. The number of nitrogens with one attached hydrogen (secondary N) is 1. The van der Waals surface area contributed by atoms with Gasteiger partial charge in [-0.1, -0.05) is 25.0 Å². The number of halogens is 1. The molecule has 1 unspecified atom stereocenters. The van der Waals surface area contributed by atoms with E-state index in [9.17, 15) is 23.6 Å². The van der Waals surface area contributed by atoms with Crippen molar-refractivity contribution >= 4 is 22.2 Å². The van der Waals surface area contributed by atoms with Gasteiger partial charge in [0, 0.05) is 55.0 Å². The van der Waals surface area contributed by atoms with Gasteiger partial charge in [-0.05, 0) is 68.0 Å². The van der Waals surface area contributed by atoms with Crippen molar-refractivity contribution in [2.45, 2.75) is 50.5 Å². The molecule has 1 aliphatic carbocycles. The van der Waals surface area contributed by atoms with Crippen LogP contribution in [0.3, 0.4) is 0 Å². The molecule has 9 nitrogen and oxygen atoms in total. The normalized spacial score (nSPS) is 23.8. The second kappa shape index (κ2) is 13.3. The van der Waals surface area contributed by atoms with E-state index < -0.39 is 16.6 Å². The summed E-state index contributed by atoms with van der Waals surface area (Å²) in [6.07, 6.45) is 4.77. The van der Waals surface area contributed by atoms with Crippen LogP contribution in [0.4, 0.5) is 10.1 Å². The quantitative estimate of drug-likeness (QED) is 0.275. The topological polar surface area (TPSA) is 132 Å². The van der Waals surface area contributed by atoms with E-state index in [4.69, 9.17) is 14.1 Å². The van der Waals surface area contributed by atoms with Crippen molar-refractivity contribution in [3.63, 3.8) is 0 Å². The number of rotatable bonds is 7. The molecule has 0 bridgehead atoms. The highest BCUT2D eigenvalue weighted by Gasteiger charge is 2.38. The van der Waals surface area contributed by atoms with E-state index in [1.165, 1.54) is 12.1 Å². The summed E-state index contributed by atoms with van der Waals surface area (Å²) in [5.74, 6) is 0.675. The summed E-state index contributed by atoms with van der Waals surface area (Å²) in [6, 6.07) is 15.7. The van der Waals surface area contributed by atoms with Gasteiger partial charge < -0.3 is 19.4 Å². The molecule has 234 valence electrons. The molecular weight excluding hydrogens is 583 g/mol. The van der Waals surface area contributed by atoms with Crippen molar-refractivity contribution in [1.29, 1.82) is 5.26 Å². The summed E-state index contributed by atoms with van der Waals surface area (Å²) in [4.78, 5) is 20.8.